The van der Waals surface area contributed by atoms with Crippen molar-refractivity contribution >= 4 is 5.91 Å². The molecule has 4 heteroatoms. The van der Waals surface area contributed by atoms with Crippen LogP contribution in [0.15, 0.2) is 122 Å². The standard InChI is InChI=1S/C68H117NO3/c1-3-5-7-9-11-13-15-17-19-21-23-24-25-26-27-28-29-30-31-32-33-34-35-36-37-38-39-40-41-42-43-44-46-48-50-52-54-56-58-60-62-64-68(72)69-66(65-70)67(71)63-61-59-57-55-53-51-49-47-45-22-20-18-16-14-12-10-8-6-4-2/h5,7,11,13,17,19,23-24,26-27,29-30,32-33,45,47,53,55,61,63,66-67,70-71H,3-4,6,8-10,12,14-16,18,20-22,25,28,31,34-44,46,48-52,54,56-60,62,64-65H2,1-2H3,(H,69,72)/b7-5-,13-11-,19-17-,24-23-,27-26-,30-29-,33-32-,47-45+,55-53+,63-61+. The molecule has 0 aliphatic carbocycles. The van der Waals surface area contributed by atoms with Gasteiger partial charge in [-0.05, 0) is 103 Å². The molecule has 4 nitrogen and oxygen atoms in total. The zero-order chi connectivity index (χ0) is 52.0. The first kappa shape index (κ1) is 68.8. The van der Waals surface area contributed by atoms with Crippen molar-refractivity contribution in [2.45, 2.75) is 296 Å². The van der Waals surface area contributed by atoms with Gasteiger partial charge in [0.2, 0.25) is 5.91 Å². The molecule has 0 heterocycles. The van der Waals surface area contributed by atoms with Crippen LogP contribution in [-0.4, -0.2) is 34.9 Å². The first-order valence-electron chi connectivity index (χ1n) is 30.7. The van der Waals surface area contributed by atoms with Crippen LogP contribution in [0.3, 0.4) is 0 Å². The maximum atomic E-state index is 12.5. The number of aliphatic hydroxyl groups excluding tert-OH is 2. The molecule has 0 rings (SSSR count). The Kier molecular flexibility index (Phi) is 59.3. The number of allylic oxidation sites excluding steroid dienone is 19. The molecule has 1 amide bonds. The second-order valence-corrected chi connectivity index (χ2v) is 20.4. The zero-order valence-corrected chi connectivity index (χ0v) is 47.4. The molecule has 72 heavy (non-hydrogen) atoms. The summed E-state index contributed by atoms with van der Waals surface area (Å²) < 4.78 is 0. The molecule has 0 aromatic carbocycles. The number of carbonyl (C=O) groups is 1. The highest BCUT2D eigenvalue weighted by atomic mass is 16.3. The monoisotopic (exact) mass is 996 g/mol. The van der Waals surface area contributed by atoms with E-state index in [2.05, 4.69) is 129 Å². The van der Waals surface area contributed by atoms with E-state index in [0.717, 1.165) is 83.5 Å². The molecular weight excluding hydrogens is 879 g/mol. The van der Waals surface area contributed by atoms with E-state index in [9.17, 15) is 15.0 Å². The summed E-state index contributed by atoms with van der Waals surface area (Å²) in [7, 11) is 0. The first-order chi connectivity index (χ1) is 35.7. The van der Waals surface area contributed by atoms with E-state index >= 15 is 0 Å². The van der Waals surface area contributed by atoms with Gasteiger partial charge in [-0.3, -0.25) is 4.79 Å². The van der Waals surface area contributed by atoms with Gasteiger partial charge in [0.05, 0.1) is 18.8 Å². The lowest BCUT2D eigenvalue weighted by atomic mass is 10.0. The third-order valence-electron chi connectivity index (χ3n) is 13.4. The molecule has 0 aliphatic heterocycles. The Morgan fingerprint density at radius 1 is 0.347 bits per heavy atom. The predicted molar refractivity (Wildman–Crippen MR) is 322 cm³/mol. The van der Waals surface area contributed by atoms with Gasteiger partial charge in [0, 0.05) is 6.42 Å². The molecule has 0 saturated carbocycles. The summed E-state index contributed by atoms with van der Waals surface area (Å²) in [5, 5.41) is 23.1. The van der Waals surface area contributed by atoms with E-state index in [4.69, 9.17) is 0 Å². The van der Waals surface area contributed by atoms with Crippen molar-refractivity contribution in [3.63, 3.8) is 0 Å². The SMILES string of the molecule is CC/C=C\C/C=C\C/C=C\C/C=C\C/C=C\C/C=C\C/C=C\CCCCCCCCCCCCCCCCCCCCCC(=O)NC(CO)C(O)/C=C/CC/C=C/CC/C=C/CCCCCCCCCCC. The van der Waals surface area contributed by atoms with Crippen LogP contribution in [0, 0.1) is 0 Å². The maximum Gasteiger partial charge on any atom is 0.220 e. The molecule has 0 radical (unpaired) electrons. The predicted octanol–water partition coefficient (Wildman–Crippen LogP) is 20.8. The Balaban J connectivity index is 3.53. The quantitative estimate of drug-likeness (QED) is 0.0420. The van der Waals surface area contributed by atoms with Gasteiger partial charge < -0.3 is 15.5 Å². The summed E-state index contributed by atoms with van der Waals surface area (Å²) in [5.41, 5.74) is 0. The van der Waals surface area contributed by atoms with Crippen LogP contribution in [0.2, 0.25) is 0 Å². The number of aliphatic hydroxyl groups is 2. The molecule has 2 unspecified atom stereocenters. The normalized spacial score (nSPS) is 13.7. The Morgan fingerprint density at radius 3 is 0.972 bits per heavy atom. The third-order valence-corrected chi connectivity index (χ3v) is 13.4. The fourth-order valence-corrected chi connectivity index (χ4v) is 8.78. The van der Waals surface area contributed by atoms with E-state index in [1.54, 1.807) is 6.08 Å². The van der Waals surface area contributed by atoms with Crippen molar-refractivity contribution in [2.24, 2.45) is 0 Å². The van der Waals surface area contributed by atoms with Crippen LogP contribution in [0.4, 0.5) is 0 Å². The van der Waals surface area contributed by atoms with Crippen molar-refractivity contribution < 1.29 is 15.0 Å². The minimum atomic E-state index is -0.875. The average molecular weight is 997 g/mol. The summed E-state index contributed by atoms with van der Waals surface area (Å²) in [4.78, 5) is 12.5. The lowest BCUT2D eigenvalue weighted by Gasteiger charge is -2.19. The fourth-order valence-electron chi connectivity index (χ4n) is 8.78. The number of carbonyl (C=O) groups excluding carboxylic acids is 1. The van der Waals surface area contributed by atoms with Gasteiger partial charge in [0.1, 0.15) is 0 Å². The van der Waals surface area contributed by atoms with E-state index in [1.807, 2.05) is 6.08 Å². The Morgan fingerprint density at radius 2 is 0.625 bits per heavy atom. The zero-order valence-electron chi connectivity index (χ0n) is 47.4. The fraction of sp³-hybridized carbons (Fsp3) is 0.691. The third kappa shape index (κ3) is 57.7. The minimum Gasteiger partial charge on any atom is -0.394 e. The Bertz CT molecular complexity index is 1410. The number of amides is 1. The van der Waals surface area contributed by atoms with Gasteiger partial charge >= 0.3 is 0 Å². The van der Waals surface area contributed by atoms with Gasteiger partial charge in [0.25, 0.3) is 0 Å². The summed E-state index contributed by atoms with van der Waals surface area (Å²) in [6, 6.07) is -0.651. The van der Waals surface area contributed by atoms with Crippen LogP contribution < -0.4 is 5.32 Å². The van der Waals surface area contributed by atoms with E-state index in [0.29, 0.717) is 6.42 Å². The molecular formula is C68H117NO3. The maximum absolute atomic E-state index is 12.5. The topological polar surface area (TPSA) is 69.6 Å². The van der Waals surface area contributed by atoms with Crippen molar-refractivity contribution in [1.29, 1.82) is 0 Å². The van der Waals surface area contributed by atoms with Crippen LogP contribution in [0.25, 0.3) is 0 Å². The number of rotatable bonds is 55. The van der Waals surface area contributed by atoms with Crippen LogP contribution in [-0.2, 0) is 4.79 Å². The van der Waals surface area contributed by atoms with Crippen molar-refractivity contribution in [3.8, 4) is 0 Å². The summed E-state index contributed by atoms with van der Waals surface area (Å²) in [6.45, 7) is 4.18. The lowest BCUT2D eigenvalue weighted by Crippen LogP contribution is -2.45. The van der Waals surface area contributed by atoms with E-state index < -0.39 is 12.1 Å². The van der Waals surface area contributed by atoms with Crippen LogP contribution in [0.5, 0.6) is 0 Å². The van der Waals surface area contributed by atoms with E-state index in [-0.39, 0.29) is 12.5 Å². The Labute approximate surface area is 448 Å². The summed E-state index contributed by atoms with van der Waals surface area (Å²) in [5.74, 6) is -0.0783. The molecule has 0 fully saturated rings. The van der Waals surface area contributed by atoms with Gasteiger partial charge in [0.15, 0.2) is 0 Å². The number of hydrogen-bond donors (Lipinski definition) is 3. The van der Waals surface area contributed by atoms with Crippen LogP contribution >= 0.6 is 0 Å². The van der Waals surface area contributed by atoms with Gasteiger partial charge in [-0.15, -0.1) is 0 Å². The molecule has 0 aromatic heterocycles. The van der Waals surface area contributed by atoms with Crippen LogP contribution in [0.1, 0.15) is 284 Å². The molecule has 0 aromatic rings. The minimum absolute atomic E-state index is 0.0783. The number of nitrogens with one attached hydrogen (secondary N) is 1. The number of unbranched alkanes of at least 4 members (excludes halogenated alkanes) is 30. The van der Waals surface area contributed by atoms with Crippen molar-refractivity contribution in [2.75, 3.05) is 6.61 Å². The second-order valence-electron chi connectivity index (χ2n) is 20.4. The second kappa shape index (κ2) is 62.1. The summed E-state index contributed by atoms with van der Waals surface area (Å²) >= 11 is 0. The molecule has 3 N–H and O–H groups in total. The molecule has 0 aliphatic rings. The molecule has 412 valence electrons. The molecule has 0 bridgehead atoms. The Hall–Kier alpha value is -3.21. The van der Waals surface area contributed by atoms with Gasteiger partial charge in [-0.25, -0.2) is 0 Å². The highest BCUT2D eigenvalue weighted by Gasteiger charge is 2.18. The molecule has 0 saturated heterocycles. The molecule has 0 spiro atoms. The lowest BCUT2D eigenvalue weighted by molar-refractivity contribution is -0.123. The highest BCUT2D eigenvalue weighted by Crippen LogP contribution is 2.16. The highest BCUT2D eigenvalue weighted by molar-refractivity contribution is 5.76. The number of hydrogen-bond acceptors (Lipinski definition) is 3. The summed E-state index contributed by atoms with van der Waals surface area (Å²) in [6.07, 6.45) is 95.3. The largest absolute Gasteiger partial charge is 0.394 e. The van der Waals surface area contributed by atoms with Crippen molar-refractivity contribution in [1.82, 2.24) is 5.32 Å². The van der Waals surface area contributed by atoms with Gasteiger partial charge in [-0.1, -0.05) is 296 Å². The van der Waals surface area contributed by atoms with E-state index in [1.165, 1.54) is 180 Å². The van der Waals surface area contributed by atoms with Crippen molar-refractivity contribution in [3.05, 3.63) is 122 Å². The first-order valence-corrected chi connectivity index (χ1v) is 30.7. The smallest absolute Gasteiger partial charge is 0.220 e. The average Bonchev–Trinajstić information content (AvgIpc) is 3.39. The van der Waals surface area contributed by atoms with Gasteiger partial charge in [-0.2, -0.15) is 0 Å². The molecule has 2 atom stereocenters.